The molecule has 0 aliphatic carbocycles. The smallest absolute Gasteiger partial charge is 0.218 e. The Morgan fingerprint density at radius 3 is 2.64 bits per heavy atom. The number of nitriles is 1. The van der Waals surface area contributed by atoms with E-state index in [1.165, 1.54) is 18.3 Å². The van der Waals surface area contributed by atoms with Crippen molar-refractivity contribution in [3.05, 3.63) is 71.0 Å². The maximum absolute atomic E-state index is 12.4. The monoisotopic (exact) mass is 313 g/mol. The van der Waals surface area contributed by atoms with Gasteiger partial charge in [0.05, 0.1) is 4.90 Å². The highest BCUT2D eigenvalue weighted by atomic mass is 32.2. The van der Waals surface area contributed by atoms with E-state index < -0.39 is 9.84 Å². The van der Waals surface area contributed by atoms with E-state index in [2.05, 4.69) is 10.3 Å². The topological polar surface area (TPSA) is 82.8 Å². The summed E-state index contributed by atoms with van der Waals surface area (Å²) in [6.07, 6.45) is 4.55. The summed E-state index contributed by atoms with van der Waals surface area (Å²) < 4.78 is 24.7. The second kappa shape index (κ2) is 6.87. The normalized spacial score (nSPS) is 11.7. The predicted octanol–water partition coefficient (Wildman–Crippen LogP) is 2.32. The third-order valence-electron chi connectivity index (χ3n) is 2.99. The molecule has 0 unspecified atom stereocenters. The van der Waals surface area contributed by atoms with Gasteiger partial charge in [-0.1, -0.05) is 23.8 Å². The van der Waals surface area contributed by atoms with Crippen molar-refractivity contribution >= 4 is 9.84 Å². The van der Waals surface area contributed by atoms with Crippen LogP contribution in [0, 0.1) is 18.3 Å². The standard InChI is InChI=1S/C16H15N3O2S/c1-13-4-6-15(7-5-13)22(20,21)16(9-17)12-19-11-14-3-2-8-18-10-14/h2-8,10,12,19H,11H2,1H3. The van der Waals surface area contributed by atoms with Crippen LogP contribution in [0.4, 0.5) is 0 Å². The number of nitrogens with zero attached hydrogens (tertiary/aromatic N) is 2. The third-order valence-corrected chi connectivity index (χ3v) is 4.67. The SMILES string of the molecule is Cc1ccc(S(=O)(=O)C(C#N)=CNCc2cccnc2)cc1. The highest BCUT2D eigenvalue weighted by Crippen LogP contribution is 2.18. The minimum atomic E-state index is -3.80. The molecular formula is C16H15N3O2S. The van der Waals surface area contributed by atoms with Gasteiger partial charge in [-0.2, -0.15) is 5.26 Å². The van der Waals surface area contributed by atoms with E-state index in [1.807, 2.05) is 13.0 Å². The lowest BCUT2D eigenvalue weighted by Gasteiger charge is -2.05. The average Bonchev–Trinajstić information content (AvgIpc) is 2.53. The van der Waals surface area contributed by atoms with E-state index in [0.717, 1.165) is 11.1 Å². The van der Waals surface area contributed by atoms with Crippen LogP contribution in [0.15, 0.2) is 64.8 Å². The summed E-state index contributed by atoms with van der Waals surface area (Å²) in [7, 11) is -3.80. The molecule has 0 amide bonds. The quantitative estimate of drug-likeness (QED) is 0.857. The molecule has 0 aliphatic rings. The first kappa shape index (κ1) is 15.7. The predicted molar refractivity (Wildman–Crippen MR) is 83.1 cm³/mol. The molecule has 2 rings (SSSR count). The Labute approximate surface area is 129 Å². The van der Waals surface area contributed by atoms with Gasteiger partial charge in [0.2, 0.25) is 9.84 Å². The fraction of sp³-hybridized carbons (Fsp3) is 0.125. The summed E-state index contributed by atoms with van der Waals surface area (Å²) in [5.41, 5.74) is 1.85. The Bertz CT molecular complexity index is 805. The molecule has 0 atom stereocenters. The zero-order valence-electron chi connectivity index (χ0n) is 12.0. The third kappa shape index (κ3) is 3.71. The molecule has 0 aliphatic heterocycles. The number of aromatic nitrogens is 1. The van der Waals surface area contributed by atoms with Crippen molar-refractivity contribution in [2.45, 2.75) is 18.4 Å². The zero-order valence-corrected chi connectivity index (χ0v) is 12.8. The summed E-state index contributed by atoms with van der Waals surface area (Å²) in [5.74, 6) is 0. The number of aryl methyl sites for hydroxylation is 1. The number of hydrogen-bond donors (Lipinski definition) is 1. The van der Waals surface area contributed by atoms with Crippen LogP contribution >= 0.6 is 0 Å². The molecule has 0 bridgehead atoms. The number of rotatable bonds is 5. The average molecular weight is 313 g/mol. The maximum Gasteiger partial charge on any atom is 0.218 e. The second-order valence-corrected chi connectivity index (χ2v) is 6.60. The molecule has 0 saturated carbocycles. The van der Waals surface area contributed by atoms with E-state index in [4.69, 9.17) is 5.26 Å². The molecule has 6 heteroatoms. The van der Waals surface area contributed by atoms with Gasteiger partial charge in [-0.3, -0.25) is 4.98 Å². The van der Waals surface area contributed by atoms with Crippen molar-refractivity contribution in [1.82, 2.24) is 10.3 Å². The molecule has 2 aromatic rings. The number of allylic oxidation sites excluding steroid dienone is 1. The van der Waals surface area contributed by atoms with Gasteiger partial charge in [-0.25, -0.2) is 8.42 Å². The molecule has 1 aromatic carbocycles. The molecule has 1 N–H and O–H groups in total. The van der Waals surface area contributed by atoms with Crippen LogP contribution in [-0.2, 0) is 16.4 Å². The van der Waals surface area contributed by atoms with E-state index in [9.17, 15) is 8.42 Å². The van der Waals surface area contributed by atoms with Crippen molar-refractivity contribution in [2.24, 2.45) is 0 Å². The number of pyridine rings is 1. The molecular weight excluding hydrogens is 298 g/mol. The Kier molecular flexibility index (Phi) is 4.92. The molecule has 5 nitrogen and oxygen atoms in total. The maximum atomic E-state index is 12.4. The summed E-state index contributed by atoms with van der Waals surface area (Å²) in [4.78, 5) is 3.75. The Hall–Kier alpha value is -2.65. The lowest BCUT2D eigenvalue weighted by atomic mass is 10.2. The van der Waals surface area contributed by atoms with Gasteiger partial charge < -0.3 is 5.32 Å². The number of hydrogen-bond acceptors (Lipinski definition) is 5. The number of benzene rings is 1. The molecule has 0 spiro atoms. The first-order valence-electron chi connectivity index (χ1n) is 6.58. The van der Waals surface area contributed by atoms with Gasteiger partial charge >= 0.3 is 0 Å². The van der Waals surface area contributed by atoms with Gasteiger partial charge in [0.15, 0.2) is 4.91 Å². The zero-order chi connectivity index (χ0) is 16.0. The van der Waals surface area contributed by atoms with E-state index in [0.29, 0.717) is 6.54 Å². The first-order chi connectivity index (χ1) is 10.5. The first-order valence-corrected chi connectivity index (χ1v) is 8.06. The molecule has 0 saturated heterocycles. The van der Waals surface area contributed by atoms with Gasteiger partial charge in [0.25, 0.3) is 0 Å². The lowest BCUT2D eigenvalue weighted by molar-refractivity contribution is 0.602. The number of nitrogens with one attached hydrogen (secondary N) is 1. The molecule has 22 heavy (non-hydrogen) atoms. The summed E-state index contributed by atoms with van der Waals surface area (Å²) in [6.45, 7) is 2.26. The molecule has 1 aromatic heterocycles. The Balaban J connectivity index is 2.18. The van der Waals surface area contributed by atoms with Crippen molar-refractivity contribution < 1.29 is 8.42 Å². The molecule has 1 heterocycles. The van der Waals surface area contributed by atoms with E-state index in [1.54, 1.807) is 36.7 Å². The lowest BCUT2D eigenvalue weighted by Crippen LogP contribution is -2.11. The van der Waals surface area contributed by atoms with Crippen LogP contribution in [0.1, 0.15) is 11.1 Å². The van der Waals surface area contributed by atoms with Gasteiger partial charge in [0, 0.05) is 25.1 Å². The van der Waals surface area contributed by atoms with Crippen molar-refractivity contribution in [3.8, 4) is 6.07 Å². The fourth-order valence-electron chi connectivity index (χ4n) is 1.78. The summed E-state index contributed by atoms with van der Waals surface area (Å²) >= 11 is 0. The van der Waals surface area contributed by atoms with Crippen LogP contribution in [0.5, 0.6) is 0 Å². The van der Waals surface area contributed by atoms with Crippen LogP contribution in [0.3, 0.4) is 0 Å². The minimum Gasteiger partial charge on any atom is -0.385 e. The van der Waals surface area contributed by atoms with Crippen LogP contribution in [0.2, 0.25) is 0 Å². The van der Waals surface area contributed by atoms with Crippen LogP contribution in [0.25, 0.3) is 0 Å². The van der Waals surface area contributed by atoms with Crippen LogP contribution < -0.4 is 5.32 Å². The van der Waals surface area contributed by atoms with Gasteiger partial charge in [-0.15, -0.1) is 0 Å². The summed E-state index contributed by atoms with van der Waals surface area (Å²) in [6, 6.07) is 11.8. The van der Waals surface area contributed by atoms with Crippen LogP contribution in [-0.4, -0.2) is 13.4 Å². The minimum absolute atomic E-state index is 0.106. The van der Waals surface area contributed by atoms with Gasteiger partial charge in [0.1, 0.15) is 6.07 Å². The Morgan fingerprint density at radius 1 is 1.32 bits per heavy atom. The van der Waals surface area contributed by atoms with Crippen molar-refractivity contribution in [1.29, 1.82) is 5.26 Å². The van der Waals surface area contributed by atoms with Crippen molar-refractivity contribution in [3.63, 3.8) is 0 Å². The summed E-state index contributed by atoms with van der Waals surface area (Å²) in [5, 5.41) is 12.0. The highest BCUT2D eigenvalue weighted by Gasteiger charge is 2.20. The van der Waals surface area contributed by atoms with Gasteiger partial charge in [-0.05, 0) is 30.7 Å². The largest absolute Gasteiger partial charge is 0.385 e. The fourth-order valence-corrected chi connectivity index (χ4v) is 2.89. The molecule has 0 fully saturated rings. The number of sulfone groups is 1. The van der Waals surface area contributed by atoms with E-state index >= 15 is 0 Å². The Morgan fingerprint density at radius 2 is 2.05 bits per heavy atom. The molecule has 0 radical (unpaired) electrons. The van der Waals surface area contributed by atoms with E-state index in [-0.39, 0.29) is 9.80 Å². The molecule has 112 valence electrons. The highest BCUT2D eigenvalue weighted by molar-refractivity contribution is 7.95. The van der Waals surface area contributed by atoms with Crippen molar-refractivity contribution in [2.75, 3.05) is 0 Å². The second-order valence-electron chi connectivity index (χ2n) is 4.68.